The molecule has 1 aliphatic heterocycles. The quantitative estimate of drug-likeness (QED) is 0.493. The molecule has 1 fully saturated rings. The van der Waals surface area contributed by atoms with E-state index in [4.69, 9.17) is 9.47 Å². The van der Waals surface area contributed by atoms with Gasteiger partial charge in [-0.15, -0.1) is 0 Å². The zero-order valence-corrected chi connectivity index (χ0v) is 19.8. The number of ether oxygens (including phenoxy) is 2. The van der Waals surface area contributed by atoms with Crippen molar-refractivity contribution in [1.82, 2.24) is 19.7 Å². The molecule has 0 aliphatic carbocycles. The van der Waals surface area contributed by atoms with Crippen LogP contribution >= 0.6 is 0 Å². The first-order valence-electron chi connectivity index (χ1n) is 10.8. The first-order valence-corrected chi connectivity index (χ1v) is 10.8. The highest BCUT2D eigenvalue weighted by Gasteiger charge is 2.32. The number of ketones is 1. The number of amides is 2. The molecule has 1 aromatic rings. The van der Waals surface area contributed by atoms with Crippen molar-refractivity contribution in [2.75, 3.05) is 46.5 Å². The molecule has 1 aliphatic rings. The second-order valence-electron chi connectivity index (χ2n) is 8.28. The lowest BCUT2D eigenvalue weighted by atomic mass is 10.00. The summed E-state index contributed by atoms with van der Waals surface area (Å²) in [5.41, 5.74) is 2.06. The number of methoxy groups -OCH3 is 1. The number of nitrogens with zero attached hydrogens (tertiary/aromatic N) is 3. The standard InChI is InChI=1S/C22H36N4O5/c1-14(2)23-22(29)26(9-8-25-10-12-31-13-11-25)17(5)20(27)18-15(3)19(21(28)30-7)24(6)16(18)4/h14,17H,8-13H2,1-7H3,(H,23,29). The molecule has 1 aromatic heterocycles. The number of Topliss-reactive ketones (excluding diaryl/α,β-unsaturated/α-hetero) is 1. The number of carbonyl (C=O) groups is 3. The minimum Gasteiger partial charge on any atom is -0.464 e. The third-order valence-electron chi connectivity index (χ3n) is 5.84. The van der Waals surface area contributed by atoms with E-state index < -0.39 is 12.0 Å². The molecule has 1 unspecified atom stereocenters. The Labute approximate surface area is 184 Å². The van der Waals surface area contributed by atoms with Gasteiger partial charge in [-0.1, -0.05) is 0 Å². The van der Waals surface area contributed by atoms with E-state index in [1.165, 1.54) is 7.11 Å². The number of carbonyl (C=O) groups excluding carboxylic acids is 3. The van der Waals surface area contributed by atoms with E-state index in [0.717, 1.165) is 13.1 Å². The van der Waals surface area contributed by atoms with Crippen molar-refractivity contribution in [3.63, 3.8) is 0 Å². The number of morpholine rings is 1. The first-order chi connectivity index (χ1) is 14.6. The van der Waals surface area contributed by atoms with Crippen LogP contribution in [0.5, 0.6) is 0 Å². The highest BCUT2D eigenvalue weighted by Crippen LogP contribution is 2.24. The van der Waals surface area contributed by atoms with E-state index in [1.54, 1.807) is 37.3 Å². The molecular weight excluding hydrogens is 400 g/mol. The molecule has 9 heteroatoms. The van der Waals surface area contributed by atoms with Crippen molar-refractivity contribution in [3.05, 3.63) is 22.5 Å². The minimum absolute atomic E-state index is 0.0492. The lowest BCUT2D eigenvalue weighted by molar-refractivity contribution is 0.0333. The van der Waals surface area contributed by atoms with E-state index in [0.29, 0.717) is 48.8 Å². The molecule has 0 saturated carbocycles. The molecule has 2 rings (SSSR count). The van der Waals surface area contributed by atoms with Crippen molar-refractivity contribution in [2.45, 2.75) is 46.7 Å². The van der Waals surface area contributed by atoms with Crippen LogP contribution < -0.4 is 5.32 Å². The largest absolute Gasteiger partial charge is 0.464 e. The van der Waals surface area contributed by atoms with Crippen LogP contribution in [0.4, 0.5) is 4.79 Å². The van der Waals surface area contributed by atoms with Gasteiger partial charge in [-0.2, -0.15) is 0 Å². The second kappa shape index (κ2) is 10.8. The fourth-order valence-corrected chi connectivity index (χ4v) is 3.95. The smallest absolute Gasteiger partial charge is 0.354 e. The maximum atomic E-state index is 13.5. The summed E-state index contributed by atoms with van der Waals surface area (Å²) in [5, 5.41) is 2.90. The molecule has 2 amide bonds. The molecule has 0 bridgehead atoms. The Morgan fingerprint density at radius 3 is 2.32 bits per heavy atom. The van der Waals surface area contributed by atoms with Gasteiger partial charge in [0.1, 0.15) is 5.69 Å². The Bertz CT molecular complexity index is 811. The van der Waals surface area contributed by atoms with E-state index >= 15 is 0 Å². The van der Waals surface area contributed by atoms with Gasteiger partial charge in [0.15, 0.2) is 5.78 Å². The van der Waals surface area contributed by atoms with Crippen LogP contribution in [0.3, 0.4) is 0 Å². The summed E-state index contributed by atoms with van der Waals surface area (Å²) in [4.78, 5) is 42.5. The Balaban J connectivity index is 2.30. The summed E-state index contributed by atoms with van der Waals surface area (Å²) in [6.07, 6.45) is 0. The van der Waals surface area contributed by atoms with E-state index in [-0.39, 0.29) is 17.9 Å². The molecule has 9 nitrogen and oxygen atoms in total. The highest BCUT2D eigenvalue weighted by atomic mass is 16.5. The monoisotopic (exact) mass is 436 g/mol. The van der Waals surface area contributed by atoms with Crippen LogP contribution in [-0.2, 0) is 16.5 Å². The van der Waals surface area contributed by atoms with Crippen molar-refractivity contribution in [2.24, 2.45) is 7.05 Å². The molecule has 0 radical (unpaired) electrons. The average Bonchev–Trinajstić information content (AvgIpc) is 2.95. The number of rotatable bonds is 8. The topological polar surface area (TPSA) is 93.1 Å². The molecule has 174 valence electrons. The summed E-state index contributed by atoms with van der Waals surface area (Å²) in [6.45, 7) is 13.1. The normalized spacial score (nSPS) is 15.6. The van der Waals surface area contributed by atoms with Crippen molar-refractivity contribution in [3.8, 4) is 0 Å². The molecule has 1 N–H and O–H groups in total. The zero-order chi connectivity index (χ0) is 23.3. The third-order valence-corrected chi connectivity index (χ3v) is 5.84. The van der Waals surface area contributed by atoms with Gasteiger partial charge in [0.25, 0.3) is 0 Å². The summed E-state index contributed by atoms with van der Waals surface area (Å²) in [5.74, 6) is -0.682. The van der Waals surface area contributed by atoms with Crippen LogP contribution in [0, 0.1) is 13.8 Å². The SMILES string of the molecule is COC(=O)c1c(C)c(C(=O)C(C)N(CCN2CCOCC2)C(=O)NC(C)C)c(C)n1C. The number of aromatic nitrogens is 1. The predicted octanol–water partition coefficient (Wildman–Crippen LogP) is 1.75. The third kappa shape index (κ3) is 5.65. The minimum atomic E-state index is -0.690. The van der Waals surface area contributed by atoms with Crippen LogP contribution in [0.1, 0.15) is 52.9 Å². The van der Waals surface area contributed by atoms with Gasteiger partial charge in [-0.3, -0.25) is 9.69 Å². The van der Waals surface area contributed by atoms with Gasteiger partial charge in [0.05, 0.1) is 26.4 Å². The van der Waals surface area contributed by atoms with Crippen LogP contribution in [0.2, 0.25) is 0 Å². The van der Waals surface area contributed by atoms with Gasteiger partial charge < -0.3 is 24.3 Å². The van der Waals surface area contributed by atoms with Crippen LogP contribution in [-0.4, -0.2) is 90.7 Å². The van der Waals surface area contributed by atoms with Gasteiger partial charge in [0, 0.05) is 50.5 Å². The highest BCUT2D eigenvalue weighted by molar-refractivity contribution is 6.06. The summed E-state index contributed by atoms with van der Waals surface area (Å²) < 4.78 is 11.9. The van der Waals surface area contributed by atoms with Gasteiger partial charge in [-0.05, 0) is 40.2 Å². The fourth-order valence-electron chi connectivity index (χ4n) is 3.95. The van der Waals surface area contributed by atoms with Crippen LogP contribution in [0.15, 0.2) is 0 Å². The summed E-state index contributed by atoms with van der Waals surface area (Å²) in [7, 11) is 3.05. The average molecular weight is 437 g/mol. The molecule has 2 heterocycles. The summed E-state index contributed by atoms with van der Waals surface area (Å²) >= 11 is 0. The maximum Gasteiger partial charge on any atom is 0.354 e. The molecule has 0 spiro atoms. The number of esters is 1. The van der Waals surface area contributed by atoms with Gasteiger partial charge in [0.2, 0.25) is 0 Å². The van der Waals surface area contributed by atoms with Gasteiger partial charge in [-0.25, -0.2) is 9.59 Å². The first kappa shape index (κ1) is 24.9. The van der Waals surface area contributed by atoms with Crippen LogP contribution in [0.25, 0.3) is 0 Å². The fraction of sp³-hybridized carbons (Fsp3) is 0.682. The van der Waals surface area contributed by atoms with E-state index in [2.05, 4.69) is 10.2 Å². The second-order valence-corrected chi connectivity index (χ2v) is 8.28. The Morgan fingerprint density at radius 1 is 1.16 bits per heavy atom. The summed E-state index contributed by atoms with van der Waals surface area (Å²) in [6, 6.07) is -1.01. The number of urea groups is 1. The zero-order valence-electron chi connectivity index (χ0n) is 19.8. The Kier molecular flexibility index (Phi) is 8.64. The predicted molar refractivity (Wildman–Crippen MR) is 118 cm³/mol. The lowest BCUT2D eigenvalue weighted by Gasteiger charge is -2.33. The molecule has 31 heavy (non-hydrogen) atoms. The van der Waals surface area contributed by atoms with E-state index in [1.807, 2.05) is 13.8 Å². The van der Waals surface area contributed by atoms with Crippen molar-refractivity contribution >= 4 is 17.8 Å². The van der Waals surface area contributed by atoms with Crippen molar-refractivity contribution < 1.29 is 23.9 Å². The Hall–Kier alpha value is -2.39. The van der Waals surface area contributed by atoms with Crippen molar-refractivity contribution in [1.29, 1.82) is 0 Å². The molecule has 1 saturated heterocycles. The Morgan fingerprint density at radius 2 is 1.77 bits per heavy atom. The molecular formula is C22H36N4O5. The molecule has 0 aromatic carbocycles. The number of hydrogen-bond acceptors (Lipinski definition) is 6. The number of hydrogen-bond donors (Lipinski definition) is 1. The lowest BCUT2D eigenvalue weighted by Crippen LogP contribution is -2.53. The van der Waals surface area contributed by atoms with E-state index in [9.17, 15) is 14.4 Å². The number of nitrogens with one attached hydrogen (secondary N) is 1. The van der Waals surface area contributed by atoms with Gasteiger partial charge >= 0.3 is 12.0 Å². The molecule has 1 atom stereocenters. The maximum absolute atomic E-state index is 13.5.